The maximum absolute atomic E-state index is 4.50. The Kier molecular flexibility index (Phi) is 4.76. The molecule has 2 aromatic heterocycles. The predicted octanol–water partition coefficient (Wildman–Crippen LogP) is 4.03. The summed E-state index contributed by atoms with van der Waals surface area (Å²) in [5.74, 6) is 1.97. The molecule has 0 amide bonds. The lowest BCUT2D eigenvalue weighted by Gasteiger charge is -2.19. The number of benzene rings is 1. The van der Waals surface area contributed by atoms with Gasteiger partial charge in [-0.15, -0.1) is 0 Å². The Balaban J connectivity index is 1.75. The highest BCUT2D eigenvalue weighted by atomic mass is 79.9. The Labute approximate surface area is 144 Å². The molecule has 2 heterocycles. The minimum absolute atomic E-state index is 0.716. The first-order valence-corrected chi connectivity index (χ1v) is 8.30. The van der Waals surface area contributed by atoms with Gasteiger partial charge in [-0.1, -0.05) is 30.3 Å². The number of pyridine rings is 1. The van der Waals surface area contributed by atoms with Gasteiger partial charge in [0.2, 0.25) is 0 Å². The van der Waals surface area contributed by atoms with Gasteiger partial charge in [-0.25, -0.2) is 9.97 Å². The van der Waals surface area contributed by atoms with Crippen molar-refractivity contribution in [1.82, 2.24) is 14.5 Å². The second kappa shape index (κ2) is 6.96. The zero-order chi connectivity index (χ0) is 16.2. The van der Waals surface area contributed by atoms with E-state index in [4.69, 9.17) is 0 Å². The van der Waals surface area contributed by atoms with E-state index in [0.717, 1.165) is 22.7 Å². The number of hydrogen-bond donors (Lipinski definition) is 0. The van der Waals surface area contributed by atoms with E-state index in [1.54, 1.807) is 0 Å². The molecule has 3 rings (SSSR count). The van der Waals surface area contributed by atoms with Crippen LogP contribution in [0.15, 0.2) is 59.5 Å². The lowest BCUT2D eigenvalue weighted by Crippen LogP contribution is -2.21. The van der Waals surface area contributed by atoms with Gasteiger partial charge in [0.05, 0.1) is 6.54 Å². The van der Waals surface area contributed by atoms with Gasteiger partial charge in [0.25, 0.3) is 0 Å². The van der Waals surface area contributed by atoms with Crippen LogP contribution in [-0.2, 0) is 13.1 Å². The monoisotopic (exact) mass is 370 g/mol. The zero-order valence-electron chi connectivity index (χ0n) is 13.3. The van der Waals surface area contributed by atoms with Crippen molar-refractivity contribution in [3.63, 3.8) is 0 Å². The standard InChI is InChI=1S/C18H19BrN4/c1-14-10-17(21-11-16(14)19)22(2)13-18-20-8-9-23(18)12-15-6-4-3-5-7-15/h3-11H,12-13H2,1-2H3. The van der Waals surface area contributed by atoms with Crippen LogP contribution in [0.25, 0.3) is 0 Å². The molecule has 0 aliphatic rings. The van der Waals surface area contributed by atoms with E-state index in [1.165, 1.54) is 11.1 Å². The number of aryl methyl sites for hydroxylation is 1. The highest BCUT2D eigenvalue weighted by molar-refractivity contribution is 9.10. The Morgan fingerprint density at radius 2 is 1.96 bits per heavy atom. The Hall–Kier alpha value is -2.14. The zero-order valence-corrected chi connectivity index (χ0v) is 14.9. The van der Waals surface area contributed by atoms with Gasteiger partial charge >= 0.3 is 0 Å². The smallest absolute Gasteiger partial charge is 0.128 e. The van der Waals surface area contributed by atoms with Crippen LogP contribution in [0.1, 0.15) is 17.0 Å². The van der Waals surface area contributed by atoms with Crippen molar-refractivity contribution in [2.24, 2.45) is 0 Å². The summed E-state index contributed by atoms with van der Waals surface area (Å²) in [6.07, 6.45) is 5.72. The van der Waals surface area contributed by atoms with Crippen LogP contribution in [0.4, 0.5) is 5.82 Å². The Bertz CT molecular complexity index is 783. The highest BCUT2D eigenvalue weighted by Gasteiger charge is 2.10. The van der Waals surface area contributed by atoms with Crippen LogP contribution in [0.3, 0.4) is 0 Å². The molecular formula is C18H19BrN4. The van der Waals surface area contributed by atoms with Crippen molar-refractivity contribution in [2.75, 3.05) is 11.9 Å². The number of aromatic nitrogens is 3. The average molecular weight is 371 g/mol. The molecule has 0 saturated heterocycles. The second-order valence-electron chi connectivity index (χ2n) is 5.60. The predicted molar refractivity (Wildman–Crippen MR) is 96.6 cm³/mol. The molecule has 0 saturated carbocycles. The highest BCUT2D eigenvalue weighted by Crippen LogP contribution is 2.20. The van der Waals surface area contributed by atoms with Gasteiger partial charge in [0.15, 0.2) is 0 Å². The molecular weight excluding hydrogens is 352 g/mol. The van der Waals surface area contributed by atoms with Crippen molar-refractivity contribution >= 4 is 21.7 Å². The number of nitrogens with zero attached hydrogens (tertiary/aromatic N) is 4. The summed E-state index contributed by atoms with van der Waals surface area (Å²) < 4.78 is 3.21. The van der Waals surface area contributed by atoms with Gasteiger partial charge in [-0.2, -0.15) is 0 Å². The molecule has 0 radical (unpaired) electrons. The SMILES string of the molecule is Cc1cc(N(C)Cc2nccn2Cc2ccccc2)ncc1Br. The average Bonchev–Trinajstić information content (AvgIpc) is 2.98. The van der Waals surface area contributed by atoms with E-state index in [2.05, 4.69) is 72.6 Å². The third-order valence-electron chi connectivity index (χ3n) is 3.80. The molecule has 0 fully saturated rings. The van der Waals surface area contributed by atoms with E-state index in [9.17, 15) is 0 Å². The molecule has 0 spiro atoms. The Morgan fingerprint density at radius 3 is 2.70 bits per heavy atom. The molecule has 4 nitrogen and oxygen atoms in total. The van der Waals surface area contributed by atoms with E-state index in [0.29, 0.717) is 6.54 Å². The maximum Gasteiger partial charge on any atom is 0.128 e. The first-order valence-electron chi connectivity index (χ1n) is 7.50. The van der Waals surface area contributed by atoms with Gasteiger partial charge in [0, 0.05) is 36.7 Å². The van der Waals surface area contributed by atoms with Crippen molar-refractivity contribution < 1.29 is 0 Å². The first kappa shape index (κ1) is 15.7. The minimum atomic E-state index is 0.716. The quantitative estimate of drug-likeness (QED) is 0.679. The number of rotatable bonds is 5. The van der Waals surface area contributed by atoms with E-state index < -0.39 is 0 Å². The maximum atomic E-state index is 4.50. The van der Waals surface area contributed by atoms with Gasteiger partial charge in [-0.05, 0) is 40.0 Å². The van der Waals surface area contributed by atoms with E-state index >= 15 is 0 Å². The van der Waals surface area contributed by atoms with Gasteiger partial charge < -0.3 is 9.47 Å². The molecule has 0 bridgehead atoms. The molecule has 0 N–H and O–H groups in total. The lowest BCUT2D eigenvalue weighted by atomic mass is 10.2. The summed E-state index contributed by atoms with van der Waals surface area (Å²) in [4.78, 5) is 11.1. The fourth-order valence-electron chi connectivity index (χ4n) is 2.44. The third kappa shape index (κ3) is 3.79. The van der Waals surface area contributed by atoms with Crippen LogP contribution < -0.4 is 4.90 Å². The summed E-state index contributed by atoms with van der Waals surface area (Å²) in [6.45, 7) is 3.62. The third-order valence-corrected chi connectivity index (χ3v) is 4.63. The van der Waals surface area contributed by atoms with Crippen molar-refractivity contribution in [1.29, 1.82) is 0 Å². The van der Waals surface area contributed by atoms with Crippen molar-refractivity contribution in [3.8, 4) is 0 Å². The summed E-state index contributed by atoms with van der Waals surface area (Å²) >= 11 is 3.49. The largest absolute Gasteiger partial charge is 0.352 e. The Morgan fingerprint density at radius 1 is 1.17 bits per heavy atom. The lowest BCUT2D eigenvalue weighted by molar-refractivity contribution is 0.704. The van der Waals surface area contributed by atoms with Crippen LogP contribution >= 0.6 is 15.9 Å². The second-order valence-corrected chi connectivity index (χ2v) is 6.46. The van der Waals surface area contributed by atoms with Gasteiger partial charge in [-0.3, -0.25) is 0 Å². The fraction of sp³-hybridized carbons (Fsp3) is 0.222. The van der Waals surface area contributed by atoms with Crippen LogP contribution in [-0.4, -0.2) is 21.6 Å². The number of imidazole rings is 1. The molecule has 23 heavy (non-hydrogen) atoms. The molecule has 118 valence electrons. The minimum Gasteiger partial charge on any atom is -0.352 e. The summed E-state index contributed by atoms with van der Waals surface area (Å²) in [5, 5.41) is 0. The molecule has 0 atom stereocenters. The molecule has 0 unspecified atom stereocenters. The molecule has 0 aliphatic carbocycles. The summed E-state index contributed by atoms with van der Waals surface area (Å²) in [7, 11) is 2.04. The number of anilines is 1. The van der Waals surface area contributed by atoms with Crippen LogP contribution in [0.5, 0.6) is 0 Å². The normalized spacial score (nSPS) is 10.7. The topological polar surface area (TPSA) is 34.0 Å². The summed E-state index contributed by atoms with van der Waals surface area (Å²) in [5.41, 5.74) is 2.45. The summed E-state index contributed by atoms with van der Waals surface area (Å²) in [6, 6.07) is 12.5. The fourth-order valence-corrected chi connectivity index (χ4v) is 2.66. The van der Waals surface area contributed by atoms with Gasteiger partial charge in [0.1, 0.15) is 11.6 Å². The van der Waals surface area contributed by atoms with Crippen molar-refractivity contribution in [3.05, 3.63) is 76.4 Å². The van der Waals surface area contributed by atoms with E-state index in [1.807, 2.05) is 31.7 Å². The van der Waals surface area contributed by atoms with Crippen LogP contribution in [0.2, 0.25) is 0 Å². The molecule has 0 aliphatic heterocycles. The molecule has 1 aromatic carbocycles. The van der Waals surface area contributed by atoms with Crippen molar-refractivity contribution in [2.45, 2.75) is 20.0 Å². The van der Waals surface area contributed by atoms with Crippen LogP contribution in [0, 0.1) is 6.92 Å². The number of halogens is 1. The number of hydrogen-bond acceptors (Lipinski definition) is 3. The first-order chi connectivity index (χ1) is 11.1. The molecule has 3 aromatic rings. The van der Waals surface area contributed by atoms with E-state index in [-0.39, 0.29) is 0 Å². The molecule has 5 heteroatoms.